The van der Waals surface area contributed by atoms with Gasteiger partial charge in [0, 0.05) is 37.9 Å². The van der Waals surface area contributed by atoms with Crippen LogP contribution in [0.4, 0.5) is 5.69 Å². The van der Waals surface area contributed by atoms with E-state index in [9.17, 15) is 9.59 Å². The third-order valence-electron chi connectivity index (χ3n) is 5.13. The molecule has 7 heteroatoms. The summed E-state index contributed by atoms with van der Waals surface area (Å²) in [4.78, 5) is 37.0. The molecule has 2 aromatic carbocycles. The van der Waals surface area contributed by atoms with Crippen LogP contribution in [0.1, 0.15) is 5.56 Å². The summed E-state index contributed by atoms with van der Waals surface area (Å²) in [5.41, 5.74) is 4.85. The molecule has 4 rings (SSSR count). The molecule has 0 unspecified atom stereocenters. The monoisotopic (exact) mass is 401 g/mol. The van der Waals surface area contributed by atoms with Gasteiger partial charge in [-0.1, -0.05) is 18.7 Å². The summed E-state index contributed by atoms with van der Waals surface area (Å²) in [7, 11) is 1.82. The molecule has 1 aromatic heterocycles. The van der Waals surface area contributed by atoms with E-state index in [2.05, 4.69) is 21.8 Å². The number of nitrogens with one attached hydrogen (secondary N) is 1. The molecule has 1 N–H and O–H groups in total. The normalized spacial score (nSPS) is 14.7. The SMILES string of the molecule is C=CC(=O)Nc1cc(CN2CCN(C)C(=O)C2)cc(-c2cnc3ccccc3n2)c1. The summed E-state index contributed by atoms with van der Waals surface area (Å²) in [5, 5.41) is 2.83. The highest BCUT2D eigenvalue weighted by Gasteiger charge is 2.21. The van der Waals surface area contributed by atoms with Crippen LogP contribution in [0.5, 0.6) is 0 Å². The summed E-state index contributed by atoms with van der Waals surface area (Å²) >= 11 is 0. The van der Waals surface area contributed by atoms with E-state index in [-0.39, 0.29) is 11.8 Å². The van der Waals surface area contributed by atoms with Gasteiger partial charge in [-0.2, -0.15) is 0 Å². The molecule has 1 saturated heterocycles. The number of amides is 2. The third kappa shape index (κ3) is 4.36. The molecule has 0 aliphatic carbocycles. The predicted octanol–water partition coefficient (Wildman–Crippen LogP) is 2.70. The Morgan fingerprint density at radius 2 is 2.00 bits per heavy atom. The van der Waals surface area contributed by atoms with Crippen molar-refractivity contribution in [1.82, 2.24) is 19.8 Å². The first-order valence-electron chi connectivity index (χ1n) is 9.78. The van der Waals surface area contributed by atoms with Crippen molar-refractivity contribution in [2.24, 2.45) is 0 Å². The minimum absolute atomic E-state index is 0.109. The van der Waals surface area contributed by atoms with Crippen LogP contribution < -0.4 is 5.32 Å². The lowest BCUT2D eigenvalue weighted by molar-refractivity contribution is -0.134. The number of carbonyl (C=O) groups is 2. The number of hydrogen-bond donors (Lipinski definition) is 1. The number of anilines is 1. The Bertz CT molecular complexity index is 1130. The van der Waals surface area contributed by atoms with Gasteiger partial charge in [-0.15, -0.1) is 0 Å². The standard InChI is InChI=1S/C23H23N5O2/c1-3-22(29)25-18-11-16(14-28-9-8-27(2)23(30)15-28)10-17(12-18)21-13-24-19-6-4-5-7-20(19)26-21/h3-7,10-13H,1,8-9,14-15H2,2H3,(H,25,29). The first-order chi connectivity index (χ1) is 14.5. The van der Waals surface area contributed by atoms with E-state index in [1.54, 1.807) is 11.1 Å². The lowest BCUT2D eigenvalue weighted by atomic mass is 10.1. The summed E-state index contributed by atoms with van der Waals surface area (Å²) in [5.74, 6) is -0.171. The van der Waals surface area contributed by atoms with Crippen LogP contribution >= 0.6 is 0 Å². The highest BCUT2D eigenvalue weighted by Crippen LogP contribution is 2.26. The van der Waals surface area contributed by atoms with Crippen LogP contribution in [0.3, 0.4) is 0 Å². The van der Waals surface area contributed by atoms with Crippen LogP contribution in [0.25, 0.3) is 22.3 Å². The molecule has 0 spiro atoms. The molecule has 7 nitrogen and oxygen atoms in total. The van der Waals surface area contributed by atoms with E-state index in [1.807, 2.05) is 49.5 Å². The zero-order valence-electron chi connectivity index (χ0n) is 16.8. The molecule has 0 saturated carbocycles. The predicted molar refractivity (Wildman–Crippen MR) is 117 cm³/mol. The maximum atomic E-state index is 12.1. The third-order valence-corrected chi connectivity index (χ3v) is 5.13. The average molecular weight is 401 g/mol. The zero-order valence-corrected chi connectivity index (χ0v) is 16.8. The number of carbonyl (C=O) groups excluding carboxylic acids is 2. The number of fused-ring (bicyclic) bond motifs is 1. The molecule has 1 aliphatic rings. The van der Waals surface area contributed by atoms with Crippen molar-refractivity contribution in [3.8, 4) is 11.3 Å². The molecule has 0 atom stereocenters. The second kappa shape index (κ2) is 8.42. The largest absolute Gasteiger partial charge is 0.343 e. The zero-order chi connectivity index (χ0) is 21.1. The van der Waals surface area contributed by atoms with Gasteiger partial charge in [-0.25, -0.2) is 4.98 Å². The second-order valence-electron chi connectivity index (χ2n) is 7.38. The Morgan fingerprint density at radius 3 is 2.77 bits per heavy atom. The van der Waals surface area contributed by atoms with Gasteiger partial charge in [0.15, 0.2) is 0 Å². The van der Waals surface area contributed by atoms with E-state index in [0.29, 0.717) is 25.3 Å². The summed E-state index contributed by atoms with van der Waals surface area (Å²) in [6.45, 7) is 6.01. The summed E-state index contributed by atoms with van der Waals surface area (Å²) in [6, 6.07) is 13.5. The summed E-state index contributed by atoms with van der Waals surface area (Å²) in [6.07, 6.45) is 2.97. The van der Waals surface area contributed by atoms with Crippen LogP contribution in [0.15, 0.2) is 61.3 Å². The van der Waals surface area contributed by atoms with Gasteiger partial charge in [0.05, 0.1) is 29.5 Å². The fraction of sp³-hybridized carbons (Fsp3) is 0.217. The second-order valence-corrected chi connectivity index (χ2v) is 7.38. The Kier molecular flexibility index (Phi) is 5.54. The molecular formula is C23H23N5O2. The number of benzene rings is 2. The molecule has 0 bridgehead atoms. The number of nitrogens with zero attached hydrogens (tertiary/aromatic N) is 4. The lowest BCUT2D eigenvalue weighted by Gasteiger charge is -2.32. The van der Waals surface area contributed by atoms with Crippen molar-refractivity contribution in [1.29, 1.82) is 0 Å². The van der Waals surface area contributed by atoms with Gasteiger partial charge in [-0.3, -0.25) is 19.5 Å². The number of piperazine rings is 1. The van der Waals surface area contributed by atoms with Crippen molar-refractivity contribution in [2.45, 2.75) is 6.54 Å². The lowest BCUT2D eigenvalue weighted by Crippen LogP contribution is -2.47. The highest BCUT2D eigenvalue weighted by atomic mass is 16.2. The van der Waals surface area contributed by atoms with E-state index in [0.717, 1.165) is 34.4 Å². The fourth-order valence-corrected chi connectivity index (χ4v) is 3.49. The van der Waals surface area contributed by atoms with Gasteiger partial charge in [-0.05, 0) is 42.0 Å². The van der Waals surface area contributed by atoms with Crippen molar-refractivity contribution < 1.29 is 9.59 Å². The molecule has 1 aliphatic heterocycles. The molecule has 3 aromatic rings. The van der Waals surface area contributed by atoms with E-state index in [4.69, 9.17) is 4.98 Å². The van der Waals surface area contributed by atoms with E-state index in [1.165, 1.54) is 6.08 Å². The smallest absolute Gasteiger partial charge is 0.247 e. The molecule has 30 heavy (non-hydrogen) atoms. The van der Waals surface area contributed by atoms with Crippen molar-refractivity contribution in [3.63, 3.8) is 0 Å². The molecule has 152 valence electrons. The first-order valence-corrected chi connectivity index (χ1v) is 9.78. The van der Waals surface area contributed by atoms with E-state index < -0.39 is 0 Å². The number of para-hydroxylation sites is 2. The Balaban J connectivity index is 1.68. The maximum absolute atomic E-state index is 12.1. The average Bonchev–Trinajstić information content (AvgIpc) is 2.75. The van der Waals surface area contributed by atoms with Crippen molar-refractivity contribution in [3.05, 3.63) is 66.9 Å². The highest BCUT2D eigenvalue weighted by molar-refractivity contribution is 5.99. The number of likely N-dealkylation sites (N-methyl/N-ethyl adjacent to an activating group) is 1. The minimum Gasteiger partial charge on any atom is -0.343 e. The number of rotatable bonds is 5. The first kappa shape index (κ1) is 19.7. The van der Waals surface area contributed by atoms with E-state index >= 15 is 0 Å². The number of aromatic nitrogens is 2. The minimum atomic E-state index is -0.280. The molecule has 2 amide bonds. The Morgan fingerprint density at radius 1 is 1.20 bits per heavy atom. The quantitative estimate of drug-likeness (QED) is 0.665. The Hall–Kier alpha value is -3.58. The van der Waals surface area contributed by atoms with Gasteiger partial charge >= 0.3 is 0 Å². The van der Waals surface area contributed by atoms with Gasteiger partial charge in [0.25, 0.3) is 0 Å². The van der Waals surface area contributed by atoms with Crippen molar-refractivity contribution in [2.75, 3.05) is 32.0 Å². The molecule has 2 heterocycles. The fourth-order valence-electron chi connectivity index (χ4n) is 3.49. The van der Waals surface area contributed by atoms with Gasteiger partial charge in [0.1, 0.15) is 0 Å². The van der Waals surface area contributed by atoms with Crippen LogP contribution in [0.2, 0.25) is 0 Å². The van der Waals surface area contributed by atoms with Crippen molar-refractivity contribution >= 4 is 28.5 Å². The molecule has 0 radical (unpaired) electrons. The van der Waals surface area contributed by atoms with Gasteiger partial charge < -0.3 is 10.2 Å². The molecule has 1 fully saturated rings. The maximum Gasteiger partial charge on any atom is 0.247 e. The molecular weight excluding hydrogens is 378 g/mol. The van der Waals surface area contributed by atoms with Crippen LogP contribution in [-0.2, 0) is 16.1 Å². The number of hydrogen-bond acceptors (Lipinski definition) is 5. The topological polar surface area (TPSA) is 78.4 Å². The summed E-state index contributed by atoms with van der Waals surface area (Å²) < 4.78 is 0. The Labute approximate surface area is 175 Å². The van der Waals surface area contributed by atoms with Gasteiger partial charge in [0.2, 0.25) is 11.8 Å². The van der Waals surface area contributed by atoms with Crippen LogP contribution in [0, 0.1) is 0 Å². The van der Waals surface area contributed by atoms with Crippen LogP contribution in [-0.4, -0.2) is 58.3 Å².